The second-order valence-corrected chi connectivity index (χ2v) is 3.75. The molecule has 2 heterocycles. The second-order valence-electron chi connectivity index (χ2n) is 3.75. The van der Waals surface area contributed by atoms with Crippen LogP contribution in [0.15, 0.2) is 30.5 Å². The summed E-state index contributed by atoms with van der Waals surface area (Å²) in [6, 6.07) is 7.85. The molecule has 4 nitrogen and oxygen atoms in total. The van der Waals surface area contributed by atoms with E-state index in [1.54, 1.807) is 13.3 Å². The van der Waals surface area contributed by atoms with Gasteiger partial charge in [0.25, 0.3) is 0 Å². The molecular formula is C13H10N2O2. The van der Waals surface area contributed by atoms with Gasteiger partial charge in [-0.2, -0.15) is 0 Å². The molecule has 3 aromatic rings. The largest absolute Gasteiger partial charge is 0.494 e. The lowest BCUT2D eigenvalue weighted by molar-refractivity contribution is 0.112. The fourth-order valence-electron chi connectivity index (χ4n) is 2.09. The lowest BCUT2D eigenvalue weighted by Gasteiger charge is -2.02. The van der Waals surface area contributed by atoms with Crippen LogP contribution in [0.4, 0.5) is 0 Å². The Hall–Kier alpha value is -2.36. The van der Waals surface area contributed by atoms with Gasteiger partial charge in [-0.1, -0.05) is 18.2 Å². The van der Waals surface area contributed by atoms with Crippen molar-refractivity contribution in [2.75, 3.05) is 7.11 Å². The Balaban J connectivity index is 2.57. The molecule has 0 atom stereocenters. The molecule has 1 aromatic carbocycles. The first-order valence-electron chi connectivity index (χ1n) is 5.23. The lowest BCUT2D eigenvalue weighted by atomic mass is 10.1. The number of H-pyrrole nitrogens is 1. The highest BCUT2D eigenvalue weighted by Gasteiger charge is 2.13. The van der Waals surface area contributed by atoms with E-state index >= 15 is 0 Å². The minimum absolute atomic E-state index is 0.400. The van der Waals surface area contributed by atoms with Gasteiger partial charge < -0.3 is 9.72 Å². The summed E-state index contributed by atoms with van der Waals surface area (Å²) in [4.78, 5) is 18.2. The van der Waals surface area contributed by atoms with Crippen molar-refractivity contribution in [3.05, 3.63) is 36.2 Å². The highest BCUT2D eigenvalue weighted by Crippen LogP contribution is 2.33. The zero-order chi connectivity index (χ0) is 11.8. The molecule has 0 aliphatic rings. The molecule has 0 spiro atoms. The number of benzene rings is 1. The standard InChI is InChI=1S/C13H10N2O2/c1-17-11-6-14-10(7-16)13-12(11)8-4-2-3-5-9(8)15-13/h2-7,15H,1H3. The van der Waals surface area contributed by atoms with E-state index < -0.39 is 0 Å². The molecule has 0 radical (unpaired) electrons. The number of aromatic amines is 1. The van der Waals surface area contributed by atoms with E-state index in [2.05, 4.69) is 9.97 Å². The molecule has 84 valence electrons. The maximum atomic E-state index is 11.0. The zero-order valence-electron chi connectivity index (χ0n) is 9.23. The average molecular weight is 226 g/mol. The Bertz CT molecular complexity index is 716. The number of aldehydes is 1. The summed E-state index contributed by atoms with van der Waals surface area (Å²) in [5.74, 6) is 0.669. The van der Waals surface area contributed by atoms with Crippen molar-refractivity contribution >= 4 is 28.1 Å². The summed E-state index contributed by atoms with van der Waals surface area (Å²) in [7, 11) is 1.60. The van der Waals surface area contributed by atoms with Crippen molar-refractivity contribution in [2.45, 2.75) is 0 Å². The van der Waals surface area contributed by atoms with Crippen molar-refractivity contribution in [2.24, 2.45) is 0 Å². The fourth-order valence-corrected chi connectivity index (χ4v) is 2.09. The molecule has 17 heavy (non-hydrogen) atoms. The predicted octanol–water partition coefficient (Wildman–Crippen LogP) is 2.54. The molecule has 3 rings (SSSR count). The number of para-hydroxylation sites is 1. The predicted molar refractivity (Wildman–Crippen MR) is 65.5 cm³/mol. The lowest BCUT2D eigenvalue weighted by Crippen LogP contribution is -1.91. The van der Waals surface area contributed by atoms with Gasteiger partial charge >= 0.3 is 0 Å². The van der Waals surface area contributed by atoms with Gasteiger partial charge in [-0.3, -0.25) is 4.79 Å². The number of aromatic nitrogens is 2. The Labute approximate surface area is 97.2 Å². The van der Waals surface area contributed by atoms with Crippen molar-refractivity contribution in [1.82, 2.24) is 9.97 Å². The van der Waals surface area contributed by atoms with Gasteiger partial charge in [-0.25, -0.2) is 4.98 Å². The van der Waals surface area contributed by atoms with Crippen LogP contribution in [0.3, 0.4) is 0 Å². The normalized spacial score (nSPS) is 10.9. The number of carbonyl (C=O) groups excluding carboxylic acids is 1. The molecule has 0 saturated heterocycles. The van der Waals surface area contributed by atoms with Gasteiger partial charge in [0.15, 0.2) is 6.29 Å². The third-order valence-corrected chi connectivity index (χ3v) is 2.86. The quantitative estimate of drug-likeness (QED) is 0.683. The van der Waals surface area contributed by atoms with E-state index in [9.17, 15) is 4.79 Å². The average Bonchev–Trinajstić information content (AvgIpc) is 2.77. The molecule has 0 aliphatic heterocycles. The van der Waals surface area contributed by atoms with Crippen LogP contribution in [-0.4, -0.2) is 23.4 Å². The van der Waals surface area contributed by atoms with Crippen LogP contribution >= 0.6 is 0 Å². The zero-order valence-corrected chi connectivity index (χ0v) is 9.23. The smallest absolute Gasteiger partial charge is 0.170 e. The van der Waals surface area contributed by atoms with Gasteiger partial charge in [0.1, 0.15) is 11.4 Å². The van der Waals surface area contributed by atoms with Crippen LogP contribution in [0.2, 0.25) is 0 Å². The maximum Gasteiger partial charge on any atom is 0.170 e. The molecule has 4 heteroatoms. The monoisotopic (exact) mass is 226 g/mol. The van der Waals surface area contributed by atoms with Gasteiger partial charge in [-0.05, 0) is 6.07 Å². The number of hydrogen-bond donors (Lipinski definition) is 1. The Morgan fingerprint density at radius 2 is 2.18 bits per heavy atom. The third kappa shape index (κ3) is 1.30. The number of fused-ring (bicyclic) bond motifs is 3. The summed E-state index contributed by atoms with van der Waals surface area (Å²) in [5, 5.41) is 1.94. The Morgan fingerprint density at radius 3 is 2.94 bits per heavy atom. The third-order valence-electron chi connectivity index (χ3n) is 2.86. The van der Waals surface area contributed by atoms with Crippen molar-refractivity contribution in [3.63, 3.8) is 0 Å². The molecule has 1 N–H and O–H groups in total. The first-order valence-corrected chi connectivity index (χ1v) is 5.23. The molecule has 0 fully saturated rings. The fraction of sp³-hybridized carbons (Fsp3) is 0.0769. The number of rotatable bonds is 2. The van der Waals surface area contributed by atoms with E-state index in [1.165, 1.54) is 0 Å². The number of nitrogens with zero attached hydrogens (tertiary/aromatic N) is 1. The van der Waals surface area contributed by atoms with Crippen LogP contribution in [0, 0.1) is 0 Å². The van der Waals surface area contributed by atoms with Gasteiger partial charge in [-0.15, -0.1) is 0 Å². The molecule has 0 bridgehead atoms. The molecule has 0 amide bonds. The van der Waals surface area contributed by atoms with Crippen molar-refractivity contribution in [3.8, 4) is 5.75 Å². The Morgan fingerprint density at radius 1 is 1.35 bits per heavy atom. The topological polar surface area (TPSA) is 55.0 Å². The first kappa shape index (κ1) is 9.84. The molecule has 0 aliphatic carbocycles. The highest BCUT2D eigenvalue weighted by atomic mass is 16.5. The number of hydrogen-bond acceptors (Lipinski definition) is 3. The molecule has 0 unspecified atom stereocenters. The molecule has 2 aromatic heterocycles. The summed E-state index contributed by atoms with van der Waals surface area (Å²) in [5.41, 5.74) is 2.09. The summed E-state index contributed by atoms with van der Waals surface area (Å²) >= 11 is 0. The van der Waals surface area contributed by atoms with E-state index in [0.29, 0.717) is 11.4 Å². The van der Waals surface area contributed by atoms with E-state index in [-0.39, 0.29) is 0 Å². The van der Waals surface area contributed by atoms with E-state index in [1.807, 2.05) is 24.3 Å². The molecular weight excluding hydrogens is 216 g/mol. The highest BCUT2D eigenvalue weighted by molar-refractivity contribution is 6.13. The minimum atomic E-state index is 0.400. The summed E-state index contributed by atoms with van der Waals surface area (Å²) < 4.78 is 5.29. The van der Waals surface area contributed by atoms with Crippen LogP contribution in [-0.2, 0) is 0 Å². The van der Waals surface area contributed by atoms with Gasteiger partial charge in [0.2, 0.25) is 0 Å². The van der Waals surface area contributed by atoms with Crippen LogP contribution in [0.25, 0.3) is 21.8 Å². The van der Waals surface area contributed by atoms with Gasteiger partial charge in [0, 0.05) is 10.9 Å². The number of methoxy groups -OCH3 is 1. The number of ether oxygens (including phenoxy) is 1. The van der Waals surface area contributed by atoms with Crippen LogP contribution in [0.1, 0.15) is 10.5 Å². The first-order chi connectivity index (χ1) is 8.35. The van der Waals surface area contributed by atoms with Gasteiger partial charge in [0.05, 0.1) is 24.2 Å². The van der Waals surface area contributed by atoms with Crippen molar-refractivity contribution < 1.29 is 9.53 Å². The SMILES string of the molecule is COc1cnc(C=O)c2[nH]c3ccccc3c12. The van der Waals surface area contributed by atoms with Crippen molar-refractivity contribution in [1.29, 1.82) is 0 Å². The minimum Gasteiger partial charge on any atom is -0.494 e. The summed E-state index contributed by atoms with van der Waals surface area (Å²) in [6.07, 6.45) is 2.32. The number of nitrogens with one attached hydrogen (secondary N) is 1. The van der Waals surface area contributed by atoms with Crippen LogP contribution in [0.5, 0.6) is 5.75 Å². The van der Waals surface area contributed by atoms with Crippen LogP contribution < -0.4 is 4.74 Å². The second kappa shape index (κ2) is 3.59. The summed E-state index contributed by atoms with van der Waals surface area (Å²) in [6.45, 7) is 0. The Kier molecular flexibility index (Phi) is 2.08. The number of carbonyl (C=O) groups is 1. The number of pyridine rings is 1. The van der Waals surface area contributed by atoms with E-state index in [4.69, 9.17) is 4.74 Å². The van der Waals surface area contributed by atoms with E-state index in [0.717, 1.165) is 28.1 Å². The molecule has 0 saturated carbocycles. The maximum absolute atomic E-state index is 11.0.